The van der Waals surface area contributed by atoms with Crippen molar-refractivity contribution in [1.82, 2.24) is 9.97 Å². The summed E-state index contributed by atoms with van der Waals surface area (Å²) in [6.07, 6.45) is 1.16. The minimum atomic E-state index is -0.629. The molecule has 104 valence electrons. The highest BCUT2D eigenvalue weighted by Gasteiger charge is 2.21. The average Bonchev–Trinajstić information content (AvgIpc) is 2.38. The van der Waals surface area contributed by atoms with Crippen molar-refractivity contribution in [3.05, 3.63) is 39.1 Å². The third kappa shape index (κ3) is 2.77. The van der Waals surface area contributed by atoms with E-state index in [2.05, 4.69) is 31.2 Å². The van der Waals surface area contributed by atoms with E-state index >= 15 is 0 Å². The van der Waals surface area contributed by atoms with Crippen LogP contribution >= 0.6 is 15.9 Å². The number of halogens is 1. The van der Waals surface area contributed by atoms with E-state index < -0.39 is 4.92 Å². The molecule has 0 bridgehead atoms. The number of benzene rings is 1. The third-order valence-corrected chi connectivity index (χ3v) is 3.07. The summed E-state index contributed by atoms with van der Waals surface area (Å²) in [5, 5.41) is 13.8. The number of hydrogen-bond donors (Lipinski definition) is 2. The van der Waals surface area contributed by atoms with Gasteiger partial charge in [0.15, 0.2) is 0 Å². The van der Waals surface area contributed by atoms with Crippen LogP contribution in [0.4, 0.5) is 23.0 Å². The first-order chi connectivity index (χ1) is 9.52. The Morgan fingerprint density at radius 1 is 1.45 bits per heavy atom. The first-order valence-corrected chi connectivity index (χ1v) is 6.17. The lowest BCUT2D eigenvalue weighted by molar-refractivity contribution is -0.383. The molecular weight excluding hydrogens is 330 g/mol. The van der Waals surface area contributed by atoms with Crippen LogP contribution in [0.3, 0.4) is 0 Å². The highest BCUT2D eigenvalue weighted by Crippen LogP contribution is 2.32. The Morgan fingerprint density at radius 2 is 2.20 bits per heavy atom. The molecule has 8 nitrogen and oxygen atoms in total. The SMILES string of the molecule is COc1ccc(Nc2ncnc(N)c2[N+](=O)[O-])cc1Br. The van der Waals surface area contributed by atoms with Gasteiger partial charge in [0.2, 0.25) is 11.6 Å². The summed E-state index contributed by atoms with van der Waals surface area (Å²) in [6, 6.07) is 5.12. The van der Waals surface area contributed by atoms with Gasteiger partial charge in [-0.25, -0.2) is 9.97 Å². The van der Waals surface area contributed by atoms with Crippen molar-refractivity contribution in [3.8, 4) is 5.75 Å². The Kier molecular flexibility index (Phi) is 3.99. The van der Waals surface area contributed by atoms with Crippen LogP contribution in [0.5, 0.6) is 5.75 Å². The molecule has 0 unspecified atom stereocenters. The number of aromatic nitrogens is 2. The average molecular weight is 340 g/mol. The van der Waals surface area contributed by atoms with Gasteiger partial charge in [-0.15, -0.1) is 0 Å². The smallest absolute Gasteiger partial charge is 0.353 e. The van der Waals surface area contributed by atoms with Crippen molar-refractivity contribution in [2.24, 2.45) is 0 Å². The standard InChI is InChI=1S/C11H10BrN5O3/c1-20-8-3-2-6(4-7(8)12)16-11-9(17(18)19)10(13)14-5-15-11/h2-5H,1H3,(H3,13,14,15,16). The maximum atomic E-state index is 11.0. The molecule has 0 amide bonds. The van der Waals surface area contributed by atoms with E-state index in [0.717, 1.165) is 6.33 Å². The lowest BCUT2D eigenvalue weighted by Gasteiger charge is -2.09. The van der Waals surface area contributed by atoms with Gasteiger partial charge in [-0.3, -0.25) is 10.1 Å². The van der Waals surface area contributed by atoms with Crippen molar-refractivity contribution in [1.29, 1.82) is 0 Å². The number of nitrogen functional groups attached to an aromatic ring is 1. The Hall–Kier alpha value is -2.42. The van der Waals surface area contributed by atoms with Gasteiger partial charge in [-0.2, -0.15) is 0 Å². The van der Waals surface area contributed by atoms with Crippen molar-refractivity contribution >= 4 is 38.9 Å². The van der Waals surface area contributed by atoms with Crippen LogP contribution in [-0.4, -0.2) is 22.0 Å². The highest BCUT2D eigenvalue weighted by atomic mass is 79.9. The molecule has 2 aromatic rings. The zero-order valence-corrected chi connectivity index (χ0v) is 11.9. The Morgan fingerprint density at radius 3 is 2.80 bits per heavy atom. The van der Waals surface area contributed by atoms with E-state index in [4.69, 9.17) is 10.5 Å². The maximum absolute atomic E-state index is 11.0. The molecule has 0 saturated heterocycles. The van der Waals surface area contributed by atoms with Crippen LogP contribution in [0.2, 0.25) is 0 Å². The van der Waals surface area contributed by atoms with Crippen LogP contribution in [0.25, 0.3) is 0 Å². The summed E-state index contributed by atoms with van der Waals surface area (Å²) in [7, 11) is 1.54. The second kappa shape index (κ2) is 5.70. The van der Waals surface area contributed by atoms with Crippen LogP contribution < -0.4 is 15.8 Å². The molecule has 0 spiro atoms. The zero-order valence-electron chi connectivity index (χ0n) is 10.3. The lowest BCUT2D eigenvalue weighted by atomic mass is 10.3. The lowest BCUT2D eigenvalue weighted by Crippen LogP contribution is -2.05. The molecule has 0 aliphatic heterocycles. The minimum absolute atomic E-state index is 0.0274. The summed E-state index contributed by atoms with van der Waals surface area (Å²) >= 11 is 3.33. The molecule has 9 heteroatoms. The van der Waals surface area contributed by atoms with E-state index in [1.165, 1.54) is 0 Å². The predicted octanol–water partition coefficient (Wildman–Crippen LogP) is 2.48. The monoisotopic (exact) mass is 339 g/mol. The van der Waals surface area contributed by atoms with E-state index in [9.17, 15) is 10.1 Å². The molecule has 2 rings (SSSR count). The largest absolute Gasteiger partial charge is 0.496 e. The zero-order chi connectivity index (χ0) is 14.7. The van der Waals surface area contributed by atoms with Gasteiger partial charge >= 0.3 is 5.69 Å². The fourth-order valence-corrected chi connectivity index (χ4v) is 2.09. The number of ether oxygens (including phenoxy) is 1. The Balaban J connectivity index is 2.38. The maximum Gasteiger partial charge on any atom is 0.353 e. The quantitative estimate of drug-likeness (QED) is 0.649. The second-order valence-electron chi connectivity index (χ2n) is 3.69. The molecule has 0 aliphatic rings. The molecule has 1 aromatic carbocycles. The molecule has 0 aliphatic carbocycles. The van der Waals surface area contributed by atoms with Crippen LogP contribution in [-0.2, 0) is 0 Å². The number of hydrogen-bond acceptors (Lipinski definition) is 7. The van der Waals surface area contributed by atoms with E-state index in [1.807, 2.05) is 0 Å². The van der Waals surface area contributed by atoms with Crippen molar-refractivity contribution < 1.29 is 9.66 Å². The molecule has 0 atom stereocenters. The van der Waals surface area contributed by atoms with Crippen LogP contribution in [0, 0.1) is 10.1 Å². The van der Waals surface area contributed by atoms with Crippen LogP contribution in [0.1, 0.15) is 0 Å². The molecule has 0 fully saturated rings. The van der Waals surface area contributed by atoms with E-state index in [-0.39, 0.29) is 17.3 Å². The Labute approximate surface area is 122 Å². The number of anilines is 3. The van der Waals surface area contributed by atoms with Crippen molar-refractivity contribution in [2.75, 3.05) is 18.2 Å². The summed E-state index contributed by atoms with van der Waals surface area (Å²) in [4.78, 5) is 17.8. The molecule has 0 saturated carbocycles. The third-order valence-electron chi connectivity index (χ3n) is 2.45. The fraction of sp³-hybridized carbons (Fsp3) is 0.0909. The molecule has 20 heavy (non-hydrogen) atoms. The fourth-order valence-electron chi connectivity index (χ4n) is 1.54. The molecule has 0 radical (unpaired) electrons. The summed E-state index contributed by atoms with van der Waals surface area (Å²) in [5.41, 5.74) is 5.72. The van der Waals surface area contributed by atoms with E-state index in [1.54, 1.807) is 25.3 Å². The number of nitro groups is 1. The normalized spacial score (nSPS) is 10.1. The number of methoxy groups -OCH3 is 1. The van der Waals surface area contributed by atoms with E-state index in [0.29, 0.717) is 15.9 Å². The second-order valence-corrected chi connectivity index (χ2v) is 4.54. The number of nitrogens with two attached hydrogens (primary N) is 1. The summed E-state index contributed by atoms with van der Waals surface area (Å²) < 4.78 is 5.81. The highest BCUT2D eigenvalue weighted by molar-refractivity contribution is 9.10. The van der Waals surface area contributed by atoms with Gasteiger partial charge in [-0.05, 0) is 34.1 Å². The first-order valence-electron chi connectivity index (χ1n) is 5.38. The van der Waals surface area contributed by atoms with Gasteiger partial charge < -0.3 is 15.8 Å². The van der Waals surface area contributed by atoms with Crippen LogP contribution in [0.15, 0.2) is 29.0 Å². The van der Waals surface area contributed by atoms with Gasteiger partial charge in [0.1, 0.15) is 12.1 Å². The van der Waals surface area contributed by atoms with Gasteiger partial charge in [0.05, 0.1) is 16.5 Å². The summed E-state index contributed by atoms with van der Waals surface area (Å²) in [5.74, 6) is 0.479. The number of rotatable bonds is 4. The Bertz CT molecular complexity index is 665. The molecular formula is C11H10BrN5O3. The molecule has 1 heterocycles. The van der Waals surface area contributed by atoms with Crippen molar-refractivity contribution in [3.63, 3.8) is 0 Å². The van der Waals surface area contributed by atoms with Gasteiger partial charge in [0.25, 0.3) is 0 Å². The first kappa shape index (κ1) is 14.0. The minimum Gasteiger partial charge on any atom is -0.496 e. The van der Waals surface area contributed by atoms with Crippen molar-refractivity contribution in [2.45, 2.75) is 0 Å². The summed E-state index contributed by atoms with van der Waals surface area (Å²) in [6.45, 7) is 0. The van der Waals surface area contributed by atoms with Gasteiger partial charge in [0, 0.05) is 5.69 Å². The van der Waals surface area contributed by atoms with Gasteiger partial charge in [-0.1, -0.05) is 0 Å². The predicted molar refractivity (Wildman–Crippen MR) is 77.1 cm³/mol. The number of nitrogens with zero attached hydrogens (tertiary/aromatic N) is 3. The number of nitrogens with one attached hydrogen (secondary N) is 1. The topological polar surface area (TPSA) is 116 Å². The molecule has 3 N–H and O–H groups in total. The molecule has 1 aromatic heterocycles.